The fraction of sp³-hybridized carbons (Fsp3) is 0. The topological polar surface area (TPSA) is 101 Å². The molecule has 0 saturated heterocycles. The lowest BCUT2D eigenvalue weighted by Gasteiger charge is -2.02. The second kappa shape index (κ2) is 5.36. The van der Waals surface area contributed by atoms with E-state index >= 15 is 0 Å². The van der Waals surface area contributed by atoms with E-state index in [-0.39, 0.29) is 5.75 Å². The zero-order chi connectivity index (χ0) is 13.1. The number of nitrogens with two attached hydrogens (primary N) is 1. The molecule has 7 nitrogen and oxygen atoms in total. The molecule has 0 aliphatic carbocycles. The number of halogens is 2. The number of phenolic OH excluding ortho intramolecular Hbond substituents is 1. The van der Waals surface area contributed by atoms with Crippen molar-refractivity contribution in [2.45, 2.75) is 0 Å². The van der Waals surface area contributed by atoms with E-state index in [1.807, 2.05) is 0 Å². The summed E-state index contributed by atoms with van der Waals surface area (Å²) in [5.41, 5.74) is 3.42. The van der Waals surface area contributed by atoms with Crippen molar-refractivity contribution in [1.29, 1.82) is 0 Å². The van der Waals surface area contributed by atoms with Gasteiger partial charge in [0.1, 0.15) is 12.1 Å². The molecule has 0 fully saturated rings. The summed E-state index contributed by atoms with van der Waals surface area (Å²) in [4.78, 5) is 0. The third-order valence-electron chi connectivity index (χ3n) is 1.99. The van der Waals surface area contributed by atoms with Crippen LogP contribution in [0.25, 0.3) is 0 Å². The molecule has 2 aromatic rings. The summed E-state index contributed by atoms with van der Waals surface area (Å²) in [5.74, 6) is 5.96. The average Bonchev–Trinajstić information content (AvgIpc) is 2.72. The lowest BCUT2D eigenvalue weighted by molar-refractivity contribution is 0.468. The van der Waals surface area contributed by atoms with Gasteiger partial charge in [-0.05, 0) is 49.6 Å². The summed E-state index contributed by atoms with van der Waals surface area (Å²) in [5, 5.41) is 20.8. The van der Waals surface area contributed by atoms with Crippen LogP contribution < -0.4 is 11.3 Å². The second-order valence-corrected chi connectivity index (χ2v) is 4.97. The minimum absolute atomic E-state index is 0.141. The van der Waals surface area contributed by atoms with Crippen molar-refractivity contribution in [3.05, 3.63) is 33.0 Å². The normalized spacial score (nSPS) is 11.0. The Hall–Kier alpha value is -1.61. The number of benzene rings is 1. The van der Waals surface area contributed by atoms with Crippen LogP contribution in [0, 0.1) is 0 Å². The molecular formula is C9H8Br2N6O. The summed E-state index contributed by atoms with van der Waals surface area (Å²) in [6, 6.07) is 3.44. The predicted molar refractivity (Wildman–Crippen MR) is 74.9 cm³/mol. The molecule has 0 unspecified atom stereocenters. The highest BCUT2D eigenvalue weighted by Crippen LogP contribution is 2.32. The molecule has 0 bridgehead atoms. The SMILES string of the molecule is Nn1cnnc1N/N=C\c1cc(Br)c(O)c(Br)c1. The maximum Gasteiger partial charge on any atom is 0.263 e. The van der Waals surface area contributed by atoms with Crippen LogP contribution in [-0.2, 0) is 0 Å². The molecule has 18 heavy (non-hydrogen) atoms. The van der Waals surface area contributed by atoms with E-state index < -0.39 is 0 Å². The maximum atomic E-state index is 9.55. The van der Waals surface area contributed by atoms with Gasteiger partial charge in [-0.25, -0.2) is 10.1 Å². The van der Waals surface area contributed by atoms with Crippen LogP contribution >= 0.6 is 31.9 Å². The van der Waals surface area contributed by atoms with Gasteiger partial charge in [0, 0.05) is 0 Å². The lowest BCUT2D eigenvalue weighted by atomic mass is 10.2. The molecule has 2 rings (SSSR count). The van der Waals surface area contributed by atoms with E-state index in [0.29, 0.717) is 14.9 Å². The molecule has 0 aliphatic rings. The number of hydrazone groups is 1. The van der Waals surface area contributed by atoms with Crippen molar-refractivity contribution in [1.82, 2.24) is 14.9 Å². The van der Waals surface area contributed by atoms with Gasteiger partial charge in [0.05, 0.1) is 15.2 Å². The van der Waals surface area contributed by atoms with Gasteiger partial charge in [0.2, 0.25) is 0 Å². The van der Waals surface area contributed by atoms with Crippen molar-refractivity contribution in [3.63, 3.8) is 0 Å². The third-order valence-corrected chi connectivity index (χ3v) is 3.20. The van der Waals surface area contributed by atoms with E-state index in [1.54, 1.807) is 18.3 Å². The van der Waals surface area contributed by atoms with Crippen LogP contribution in [0.1, 0.15) is 5.56 Å². The highest BCUT2D eigenvalue weighted by molar-refractivity contribution is 9.11. The van der Waals surface area contributed by atoms with Crippen molar-refractivity contribution >= 4 is 44.0 Å². The largest absolute Gasteiger partial charge is 0.506 e. The molecule has 94 valence electrons. The average molecular weight is 376 g/mol. The zero-order valence-corrected chi connectivity index (χ0v) is 12.1. The number of nitrogen functional groups attached to an aromatic ring is 1. The van der Waals surface area contributed by atoms with Crippen LogP contribution in [0.4, 0.5) is 5.95 Å². The molecule has 0 spiro atoms. The Labute approximate surface area is 119 Å². The van der Waals surface area contributed by atoms with Crippen molar-refractivity contribution in [2.24, 2.45) is 5.10 Å². The molecule has 1 aromatic heterocycles. The second-order valence-electron chi connectivity index (χ2n) is 3.26. The minimum atomic E-state index is 0.141. The summed E-state index contributed by atoms with van der Waals surface area (Å²) >= 11 is 6.46. The molecule has 0 radical (unpaired) electrons. The number of nitrogens with zero attached hydrogens (tertiary/aromatic N) is 4. The van der Waals surface area contributed by atoms with Crippen LogP contribution in [-0.4, -0.2) is 26.2 Å². The molecule has 9 heteroatoms. The Bertz CT molecular complexity index is 573. The molecule has 4 N–H and O–H groups in total. The van der Waals surface area contributed by atoms with Crippen molar-refractivity contribution in [3.8, 4) is 5.75 Å². The quantitative estimate of drug-likeness (QED) is 0.430. The number of nitrogens with one attached hydrogen (secondary N) is 1. The van der Waals surface area contributed by atoms with Gasteiger partial charge in [0.15, 0.2) is 0 Å². The maximum absolute atomic E-state index is 9.55. The number of rotatable bonds is 3. The predicted octanol–water partition coefficient (Wildman–Crippen LogP) is 1.67. The number of phenols is 1. The van der Waals surface area contributed by atoms with E-state index in [2.05, 4.69) is 52.6 Å². The van der Waals surface area contributed by atoms with E-state index in [4.69, 9.17) is 5.84 Å². The number of hydrogen-bond donors (Lipinski definition) is 3. The molecule has 0 saturated carbocycles. The lowest BCUT2D eigenvalue weighted by Crippen LogP contribution is -2.10. The summed E-state index contributed by atoms with van der Waals surface area (Å²) in [6.07, 6.45) is 2.91. The van der Waals surface area contributed by atoms with Crippen LogP contribution in [0.15, 0.2) is 32.5 Å². The standard InChI is InChI=1S/C9H8Br2N6O/c10-6-1-5(2-7(11)8(6)18)3-13-15-9-16-14-4-17(9)12/h1-4,18H,12H2,(H,15,16)/b13-3-. The molecule has 0 aliphatic heterocycles. The first-order chi connectivity index (χ1) is 8.58. The Morgan fingerprint density at radius 3 is 2.61 bits per heavy atom. The minimum Gasteiger partial charge on any atom is -0.506 e. The fourth-order valence-corrected chi connectivity index (χ4v) is 2.37. The number of hydrogen-bond acceptors (Lipinski definition) is 6. The number of aromatic nitrogens is 3. The Balaban J connectivity index is 2.12. The first-order valence-corrected chi connectivity index (χ1v) is 6.28. The highest BCUT2D eigenvalue weighted by atomic mass is 79.9. The summed E-state index contributed by atoms with van der Waals surface area (Å²) < 4.78 is 2.35. The Morgan fingerprint density at radius 2 is 2.06 bits per heavy atom. The van der Waals surface area contributed by atoms with Gasteiger partial charge in [-0.1, -0.05) is 0 Å². The van der Waals surface area contributed by atoms with Gasteiger partial charge in [-0.2, -0.15) is 5.10 Å². The van der Waals surface area contributed by atoms with E-state index in [0.717, 1.165) is 5.56 Å². The van der Waals surface area contributed by atoms with Crippen molar-refractivity contribution < 1.29 is 5.11 Å². The van der Waals surface area contributed by atoms with Crippen LogP contribution in [0.5, 0.6) is 5.75 Å². The molecular weight excluding hydrogens is 368 g/mol. The Kier molecular flexibility index (Phi) is 3.82. The number of aromatic hydroxyl groups is 1. The summed E-state index contributed by atoms with van der Waals surface area (Å²) in [6.45, 7) is 0. The van der Waals surface area contributed by atoms with E-state index in [1.165, 1.54) is 11.0 Å². The molecule has 1 aromatic carbocycles. The molecule has 0 amide bonds. The summed E-state index contributed by atoms with van der Waals surface area (Å²) in [7, 11) is 0. The first kappa shape index (κ1) is 12.8. The van der Waals surface area contributed by atoms with Gasteiger partial charge in [0.25, 0.3) is 5.95 Å². The zero-order valence-electron chi connectivity index (χ0n) is 8.88. The fourth-order valence-electron chi connectivity index (χ4n) is 1.15. The van der Waals surface area contributed by atoms with Crippen LogP contribution in [0.3, 0.4) is 0 Å². The molecule has 1 heterocycles. The molecule has 0 atom stereocenters. The van der Waals surface area contributed by atoms with Crippen LogP contribution in [0.2, 0.25) is 0 Å². The van der Waals surface area contributed by atoms with Gasteiger partial charge >= 0.3 is 0 Å². The Morgan fingerprint density at radius 1 is 1.39 bits per heavy atom. The van der Waals surface area contributed by atoms with E-state index in [9.17, 15) is 5.11 Å². The smallest absolute Gasteiger partial charge is 0.263 e. The van der Waals surface area contributed by atoms with Crippen molar-refractivity contribution in [2.75, 3.05) is 11.3 Å². The van der Waals surface area contributed by atoms with Gasteiger partial charge in [-0.15, -0.1) is 10.2 Å². The van der Waals surface area contributed by atoms with Gasteiger partial charge < -0.3 is 10.9 Å². The monoisotopic (exact) mass is 374 g/mol. The van der Waals surface area contributed by atoms with Gasteiger partial charge in [-0.3, -0.25) is 0 Å². The highest BCUT2D eigenvalue weighted by Gasteiger charge is 2.04. The third kappa shape index (κ3) is 2.79. The number of anilines is 1. The first-order valence-electron chi connectivity index (χ1n) is 4.70.